The van der Waals surface area contributed by atoms with Crippen molar-refractivity contribution in [3.8, 4) is 0 Å². The van der Waals surface area contributed by atoms with Crippen LogP contribution in [0.3, 0.4) is 0 Å². The van der Waals surface area contributed by atoms with Crippen molar-refractivity contribution >= 4 is 35.0 Å². The lowest BCUT2D eigenvalue weighted by Crippen LogP contribution is -1.86. The minimum atomic E-state index is -0.0614. The number of aliphatic hydroxyl groups is 1. The van der Waals surface area contributed by atoms with Crippen molar-refractivity contribution in [1.82, 2.24) is 4.98 Å². The predicted molar refractivity (Wildman–Crippen MR) is 70.7 cm³/mol. The van der Waals surface area contributed by atoms with Crippen LogP contribution in [0.5, 0.6) is 0 Å². The van der Waals surface area contributed by atoms with Gasteiger partial charge in [0.15, 0.2) is 0 Å². The molecule has 0 bridgehead atoms. The molecule has 88 valence electrons. The number of pyridine rings is 1. The summed E-state index contributed by atoms with van der Waals surface area (Å²) in [5.41, 5.74) is 0.711. The third-order valence-corrected chi connectivity index (χ3v) is 3.91. The van der Waals surface area contributed by atoms with Crippen LogP contribution in [0.1, 0.15) is 5.56 Å². The Labute approximate surface area is 114 Å². The molecule has 0 unspecified atom stereocenters. The molecule has 0 aliphatic heterocycles. The van der Waals surface area contributed by atoms with Gasteiger partial charge >= 0.3 is 0 Å². The Kier molecular flexibility index (Phi) is 4.29. The molecule has 0 amide bonds. The van der Waals surface area contributed by atoms with E-state index < -0.39 is 0 Å². The van der Waals surface area contributed by atoms with E-state index in [0.29, 0.717) is 15.6 Å². The van der Waals surface area contributed by atoms with Crippen LogP contribution in [0.25, 0.3) is 0 Å². The molecule has 0 aliphatic carbocycles. The van der Waals surface area contributed by atoms with E-state index in [1.165, 1.54) is 11.8 Å². The smallest absolute Gasteiger partial charge is 0.119 e. The first-order valence-electron chi connectivity index (χ1n) is 4.88. The van der Waals surface area contributed by atoms with Gasteiger partial charge in [0.1, 0.15) is 5.03 Å². The van der Waals surface area contributed by atoms with E-state index in [0.717, 1.165) is 9.92 Å². The molecule has 0 radical (unpaired) electrons. The highest BCUT2D eigenvalue weighted by Gasteiger charge is 2.06. The number of aliphatic hydroxyl groups excluding tert-OH is 1. The third-order valence-electron chi connectivity index (χ3n) is 2.13. The highest BCUT2D eigenvalue weighted by atomic mass is 35.5. The molecule has 17 heavy (non-hydrogen) atoms. The highest BCUT2D eigenvalue weighted by molar-refractivity contribution is 7.99. The second kappa shape index (κ2) is 5.74. The molecule has 1 aromatic heterocycles. The first-order valence-corrected chi connectivity index (χ1v) is 6.45. The fourth-order valence-electron chi connectivity index (χ4n) is 1.28. The molecule has 2 aromatic rings. The maximum Gasteiger partial charge on any atom is 0.119 e. The topological polar surface area (TPSA) is 33.1 Å². The van der Waals surface area contributed by atoms with E-state index in [-0.39, 0.29) is 6.61 Å². The Morgan fingerprint density at radius 1 is 1.18 bits per heavy atom. The molecule has 2 nitrogen and oxygen atoms in total. The quantitative estimate of drug-likeness (QED) is 0.924. The Bertz CT molecular complexity index is 534. The van der Waals surface area contributed by atoms with Crippen LogP contribution in [-0.4, -0.2) is 10.1 Å². The first kappa shape index (κ1) is 12.7. The average molecular weight is 286 g/mol. The molecule has 2 rings (SSSR count). The summed E-state index contributed by atoms with van der Waals surface area (Å²) < 4.78 is 0. The summed E-state index contributed by atoms with van der Waals surface area (Å²) in [5, 5.41) is 10.9. The van der Waals surface area contributed by atoms with Crippen LogP contribution in [-0.2, 0) is 6.61 Å². The van der Waals surface area contributed by atoms with Gasteiger partial charge in [0.05, 0.1) is 11.6 Å². The summed E-state index contributed by atoms with van der Waals surface area (Å²) in [6.07, 6.45) is 1.69. The summed E-state index contributed by atoms with van der Waals surface area (Å²) in [7, 11) is 0. The zero-order chi connectivity index (χ0) is 12.3. The number of hydrogen-bond donors (Lipinski definition) is 1. The summed E-state index contributed by atoms with van der Waals surface area (Å²) in [5.74, 6) is 0. The maximum atomic E-state index is 9.02. The van der Waals surface area contributed by atoms with Crippen LogP contribution < -0.4 is 0 Å². The zero-order valence-corrected chi connectivity index (χ0v) is 11.1. The van der Waals surface area contributed by atoms with Crippen LogP contribution >= 0.6 is 35.0 Å². The van der Waals surface area contributed by atoms with E-state index in [4.69, 9.17) is 28.3 Å². The summed E-state index contributed by atoms with van der Waals surface area (Å²) in [6.45, 7) is -0.0614. The van der Waals surface area contributed by atoms with Crippen molar-refractivity contribution in [2.75, 3.05) is 0 Å². The first-order chi connectivity index (χ1) is 8.20. The second-order valence-electron chi connectivity index (χ2n) is 3.30. The SMILES string of the molecule is OCc1ccc(Sc2ncccc2Cl)cc1Cl. The van der Waals surface area contributed by atoms with Crippen molar-refractivity contribution < 1.29 is 5.11 Å². The lowest BCUT2D eigenvalue weighted by molar-refractivity contribution is 0.282. The third kappa shape index (κ3) is 3.13. The van der Waals surface area contributed by atoms with Crippen molar-refractivity contribution in [2.24, 2.45) is 0 Å². The van der Waals surface area contributed by atoms with Crippen molar-refractivity contribution in [2.45, 2.75) is 16.5 Å². The summed E-state index contributed by atoms with van der Waals surface area (Å²) in [4.78, 5) is 5.12. The molecule has 1 heterocycles. The lowest BCUT2D eigenvalue weighted by atomic mass is 10.2. The average Bonchev–Trinajstić information content (AvgIpc) is 2.32. The number of hydrogen-bond acceptors (Lipinski definition) is 3. The van der Waals surface area contributed by atoms with Gasteiger partial charge in [-0.15, -0.1) is 0 Å². The minimum Gasteiger partial charge on any atom is -0.392 e. The van der Waals surface area contributed by atoms with E-state index in [1.54, 1.807) is 30.5 Å². The molecule has 0 fully saturated rings. The number of halogens is 2. The van der Waals surface area contributed by atoms with Crippen LogP contribution in [0.4, 0.5) is 0 Å². The molecule has 0 saturated heterocycles. The number of rotatable bonds is 3. The monoisotopic (exact) mass is 285 g/mol. The van der Waals surface area contributed by atoms with Gasteiger partial charge in [0.25, 0.3) is 0 Å². The Morgan fingerprint density at radius 2 is 2.00 bits per heavy atom. The van der Waals surface area contributed by atoms with Crippen molar-refractivity contribution in [3.63, 3.8) is 0 Å². The second-order valence-corrected chi connectivity index (χ2v) is 5.18. The minimum absolute atomic E-state index is 0.0614. The molecule has 1 aromatic carbocycles. The molecular weight excluding hydrogens is 277 g/mol. The van der Waals surface area contributed by atoms with Gasteiger partial charge < -0.3 is 5.11 Å². The van der Waals surface area contributed by atoms with Gasteiger partial charge in [-0.25, -0.2) is 4.98 Å². The van der Waals surface area contributed by atoms with E-state index in [1.807, 2.05) is 6.07 Å². The van der Waals surface area contributed by atoms with Gasteiger partial charge in [-0.1, -0.05) is 41.0 Å². The molecule has 1 N–H and O–H groups in total. The van der Waals surface area contributed by atoms with Gasteiger partial charge in [0, 0.05) is 16.1 Å². The van der Waals surface area contributed by atoms with Crippen molar-refractivity contribution in [1.29, 1.82) is 0 Å². The van der Waals surface area contributed by atoms with Gasteiger partial charge in [-0.2, -0.15) is 0 Å². The highest BCUT2D eigenvalue weighted by Crippen LogP contribution is 2.33. The number of aromatic nitrogens is 1. The largest absolute Gasteiger partial charge is 0.392 e. The number of nitrogens with zero attached hydrogens (tertiary/aromatic N) is 1. The zero-order valence-electron chi connectivity index (χ0n) is 8.73. The van der Waals surface area contributed by atoms with Crippen molar-refractivity contribution in [3.05, 3.63) is 52.1 Å². The molecular formula is C12H9Cl2NOS. The van der Waals surface area contributed by atoms with Crippen LogP contribution in [0.2, 0.25) is 10.0 Å². The molecule has 0 atom stereocenters. The van der Waals surface area contributed by atoms with E-state index in [9.17, 15) is 0 Å². The van der Waals surface area contributed by atoms with Gasteiger partial charge in [-0.3, -0.25) is 0 Å². The summed E-state index contributed by atoms with van der Waals surface area (Å²) in [6, 6.07) is 9.05. The van der Waals surface area contributed by atoms with Crippen LogP contribution in [0.15, 0.2) is 46.5 Å². The number of benzene rings is 1. The predicted octanol–water partition coefficient (Wildman–Crippen LogP) is 4.03. The normalized spacial score (nSPS) is 10.5. The molecule has 5 heteroatoms. The van der Waals surface area contributed by atoms with E-state index >= 15 is 0 Å². The van der Waals surface area contributed by atoms with Gasteiger partial charge in [-0.05, 0) is 29.8 Å². The Morgan fingerprint density at radius 3 is 2.65 bits per heavy atom. The molecule has 0 aliphatic rings. The Hall–Kier alpha value is -0.740. The van der Waals surface area contributed by atoms with Gasteiger partial charge in [0.2, 0.25) is 0 Å². The fraction of sp³-hybridized carbons (Fsp3) is 0.0833. The molecule has 0 spiro atoms. The Balaban J connectivity index is 2.25. The maximum absolute atomic E-state index is 9.02. The van der Waals surface area contributed by atoms with Crippen LogP contribution in [0, 0.1) is 0 Å². The summed E-state index contributed by atoms with van der Waals surface area (Å²) >= 11 is 13.5. The van der Waals surface area contributed by atoms with E-state index in [2.05, 4.69) is 4.98 Å². The standard InChI is InChI=1S/C12H9Cl2NOS/c13-10-2-1-5-15-12(10)17-9-4-3-8(7-16)11(14)6-9/h1-6,16H,7H2. The fourth-order valence-corrected chi connectivity index (χ4v) is 2.64. The molecule has 0 saturated carbocycles. The lowest BCUT2D eigenvalue weighted by Gasteiger charge is -2.05.